The van der Waals surface area contributed by atoms with Crippen LogP contribution in [0.1, 0.15) is 16.4 Å². The Hall–Kier alpha value is -2.22. The van der Waals surface area contributed by atoms with Crippen molar-refractivity contribution >= 4 is 27.3 Å². The van der Waals surface area contributed by atoms with Crippen LogP contribution in [0.3, 0.4) is 0 Å². The molecule has 2 saturated heterocycles. The standard InChI is InChI=1S/C19H19N3O3S/c23-19(15-12-26-18-5-2-1-4-14(15)18)21-8-16-17(9-21)25-11-13(10-24-16)22-7-3-6-20-22/h1-7,12-13,16-17H,8-11H2/t16-,17-/m0/s1. The Kier molecular flexibility index (Phi) is 4.00. The number of hydrogen-bond acceptors (Lipinski definition) is 5. The van der Waals surface area contributed by atoms with Gasteiger partial charge in [0.1, 0.15) is 12.2 Å². The second-order valence-corrected chi connectivity index (χ2v) is 7.65. The SMILES string of the molecule is O=C(c1csc2ccccc12)N1C[C@@H]2OCC(n3cccn3)CO[C@H]2C1. The molecule has 2 aliphatic rings. The van der Waals surface area contributed by atoms with E-state index in [0.717, 1.165) is 15.6 Å². The number of ether oxygens (including phenoxy) is 2. The zero-order valence-corrected chi connectivity index (χ0v) is 15.0. The van der Waals surface area contributed by atoms with E-state index < -0.39 is 0 Å². The Morgan fingerprint density at radius 2 is 1.88 bits per heavy atom. The molecule has 1 amide bonds. The zero-order chi connectivity index (χ0) is 17.5. The maximum atomic E-state index is 13.0. The fraction of sp³-hybridized carbons (Fsp3) is 0.368. The molecule has 0 unspecified atom stereocenters. The fourth-order valence-electron chi connectivity index (χ4n) is 3.71. The molecule has 1 aromatic carbocycles. The third kappa shape index (κ3) is 2.72. The van der Waals surface area contributed by atoms with E-state index in [4.69, 9.17) is 9.47 Å². The minimum Gasteiger partial charge on any atom is -0.371 e. The Balaban J connectivity index is 1.30. The average Bonchev–Trinajstić information content (AvgIpc) is 3.39. The van der Waals surface area contributed by atoms with E-state index >= 15 is 0 Å². The number of aromatic nitrogens is 2. The molecule has 0 spiro atoms. The third-order valence-corrected chi connectivity index (χ3v) is 6.08. The summed E-state index contributed by atoms with van der Waals surface area (Å²) < 4.78 is 15.2. The predicted molar refractivity (Wildman–Crippen MR) is 98.5 cm³/mol. The lowest BCUT2D eigenvalue weighted by Crippen LogP contribution is -2.31. The average molecular weight is 369 g/mol. The zero-order valence-electron chi connectivity index (χ0n) is 14.2. The predicted octanol–water partition coefficient (Wildman–Crippen LogP) is 2.58. The van der Waals surface area contributed by atoms with Crippen LogP contribution in [-0.4, -0.2) is 59.1 Å². The highest BCUT2D eigenvalue weighted by atomic mass is 32.1. The first-order chi connectivity index (χ1) is 12.8. The second-order valence-electron chi connectivity index (χ2n) is 6.74. The number of likely N-dealkylation sites (tertiary alicyclic amines) is 1. The molecule has 2 aliphatic heterocycles. The van der Waals surface area contributed by atoms with Crippen molar-refractivity contribution in [2.24, 2.45) is 0 Å². The van der Waals surface area contributed by atoms with Gasteiger partial charge in [0, 0.05) is 40.9 Å². The van der Waals surface area contributed by atoms with Crippen molar-refractivity contribution in [2.45, 2.75) is 18.2 Å². The van der Waals surface area contributed by atoms with Crippen LogP contribution in [0.4, 0.5) is 0 Å². The molecule has 134 valence electrons. The minimum absolute atomic E-state index is 0.0614. The number of benzene rings is 1. The second kappa shape index (κ2) is 6.50. The van der Waals surface area contributed by atoms with Crippen LogP contribution in [0.5, 0.6) is 0 Å². The summed E-state index contributed by atoms with van der Waals surface area (Å²) in [5, 5.41) is 7.25. The number of amides is 1. The maximum absolute atomic E-state index is 13.0. The van der Waals surface area contributed by atoms with Gasteiger partial charge in [0.15, 0.2) is 0 Å². The van der Waals surface area contributed by atoms with Crippen LogP contribution in [-0.2, 0) is 9.47 Å². The summed E-state index contributed by atoms with van der Waals surface area (Å²) in [6.45, 7) is 2.23. The first kappa shape index (κ1) is 16.0. The molecular weight excluding hydrogens is 350 g/mol. The highest BCUT2D eigenvalue weighted by molar-refractivity contribution is 7.17. The van der Waals surface area contributed by atoms with Gasteiger partial charge in [0.05, 0.1) is 24.8 Å². The largest absolute Gasteiger partial charge is 0.371 e. The molecule has 2 aromatic heterocycles. The van der Waals surface area contributed by atoms with Gasteiger partial charge in [-0.3, -0.25) is 9.48 Å². The van der Waals surface area contributed by atoms with Gasteiger partial charge in [-0.2, -0.15) is 5.10 Å². The molecule has 0 saturated carbocycles. The summed E-state index contributed by atoms with van der Waals surface area (Å²) in [5.41, 5.74) is 0.775. The normalized spacial score (nSPS) is 23.9. The van der Waals surface area contributed by atoms with E-state index in [1.807, 2.05) is 51.5 Å². The van der Waals surface area contributed by atoms with Crippen molar-refractivity contribution in [2.75, 3.05) is 26.3 Å². The summed E-state index contributed by atoms with van der Waals surface area (Å²) in [6.07, 6.45) is 3.53. The molecule has 3 aromatic rings. The summed E-state index contributed by atoms with van der Waals surface area (Å²) >= 11 is 1.61. The Morgan fingerprint density at radius 3 is 2.62 bits per heavy atom. The van der Waals surface area contributed by atoms with Crippen molar-refractivity contribution in [1.29, 1.82) is 0 Å². The highest BCUT2D eigenvalue weighted by Crippen LogP contribution is 2.29. The Bertz CT molecular complexity index is 907. The van der Waals surface area contributed by atoms with E-state index in [9.17, 15) is 4.79 Å². The molecule has 5 rings (SSSR count). The summed E-state index contributed by atoms with van der Waals surface area (Å²) in [5.74, 6) is 0.0614. The van der Waals surface area contributed by atoms with Crippen LogP contribution in [0.2, 0.25) is 0 Å². The minimum atomic E-state index is -0.0792. The number of carbonyl (C=O) groups excluding carboxylic acids is 1. The van der Waals surface area contributed by atoms with E-state index in [0.29, 0.717) is 26.3 Å². The fourth-order valence-corrected chi connectivity index (χ4v) is 4.65. The van der Waals surface area contributed by atoms with Crippen molar-refractivity contribution in [3.05, 3.63) is 53.7 Å². The van der Waals surface area contributed by atoms with Crippen molar-refractivity contribution in [3.8, 4) is 0 Å². The van der Waals surface area contributed by atoms with E-state index in [1.165, 1.54) is 0 Å². The lowest BCUT2D eigenvalue weighted by molar-refractivity contribution is -0.00461. The van der Waals surface area contributed by atoms with Crippen molar-refractivity contribution in [3.63, 3.8) is 0 Å². The molecule has 0 N–H and O–H groups in total. The number of hydrogen-bond donors (Lipinski definition) is 0. The third-order valence-electron chi connectivity index (χ3n) is 5.12. The summed E-state index contributed by atoms with van der Waals surface area (Å²) in [6, 6.07) is 10.0. The van der Waals surface area contributed by atoms with Crippen LogP contribution >= 0.6 is 11.3 Å². The van der Waals surface area contributed by atoms with Gasteiger partial charge in [0.25, 0.3) is 5.91 Å². The van der Waals surface area contributed by atoms with Gasteiger partial charge >= 0.3 is 0 Å². The van der Waals surface area contributed by atoms with Crippen LogP contribution in [0.25, 0.3) is 10.1 Å². The van der Waals surface area contributed by atoms with Crippen LogP contribution in [0.15, 0.2) is 48.1 Å². The first-order valence-electron chi connectivity index (χ1n) is 8.77. The lowest BCUT2D eigenvalue weighted by Gasteiger charge is -2.18. The molecule has 26 heavy (non-hydrogen) atoms. The molecule has 7 heteroatoms. The quantitative estimate of drug-likeness (QED) is 0.697. The number of rotatable bonds is 2. The van der Waals surface area contributed by atoms with Gasteiger partial charge in [-0.25, -0.2) is 0 Å². The van der Waals surface area contributed by atoms with Crippen molar-refractivity contribution in [1.82, 2.24) is 14.7 Å². The van der Waals surface area contributed by atoms with Gasteiger partial charge in [-0.05, 0) is 12.1 Å². The van der Waals surface area contributed by atoms with Crippen LogP contribution < -0.4 is 0 Å². The van der Waals surface area contributed by atoms with E-state index in [-0.39, 0.29) is 24.2 Å². The Labute approximate surface area is 154 Å². The topological polar surface area (TPSA) is 56.6 Å². The molecule has 2 atom stereocenters. The molecule has 0 bridgehead atoms. The smallest absolute Gasteiger partial charge is 0.255 e. The van der Waals surface area contributed by atoms with Gasteiger partial charge in [-0.15, -0.1) is 11.3 Å². The number of carbonyl (C=O) groups is 1. The molecular formula is C19H19N3O3S. The van der Waals surface area contributed by atoms with E-state index in [1.54, 1.807) is 17.5 Å². The van der Waals surface area contributed by atoms with E-state index in [2.05, 4.69) is 5.10 Å². The summed E-state index contributed by atoms with van der Waals surface area (Å²) in [7, 11) is 0. The lowest BCUT2D eigenvalue weighted by atomic mass is 10.1. The summed E-state index contributed by atoms with van der Waals surface area (Å²) in [4.78, 5) is 14.9. The molecule has 0 radical (unpaired) electrons. The molecule has 6 nitrogen and oxygen atoms in total. The van der Waals surface area contributed by atoms with Crippen molar-refractivity contribution < 1.29 is 14.3 Å². The first-order valence-corrected chi connectivity index (χ1v) is 9.65. The number of thiophene rings is 1. The number of fused-ring (bicyclic) bond motifs is 2. The van der Waals surface area contributed by atoms with Crippen LogP contribution in [0, 0.1) is 0 Å². The van der Waals surface area contributed by atoms with Gasteiger partial charge in [0.2, 0.25) is 0 Å². The van der Waals surface area contributed by atoms with Gasteiger partial charge in [-0.1, -0.05) is 18.2 Å². The maximum Gasteiger partial charge on any atom is 0.255 e. The highest BCUT2D eigenvalue weighted by Gasteiger charge is 2.40. The Morgan fingerprint density at radius 1 is 1.12 bits per heavy atom. The monoisotopic (exact) mass is 369 g/mol. The molecule has 0 aliphatic carbocycles. The molecule has 2 fully saturated rings. The molecule has 4 heterocycles. The van der Waals surface area contributed by atoms with Gasteiger partial charge < -0.3 is 14.4 Å². The number of nitrogens with zero attached hydrogens (tertiary/aromatic N) is 3.